The molecule has 2 aromatic carbocycles. The molecule has 0 aliphatic heterocycles. The van der Waals surface area contributed by atoms with Gasteiger partial charge in [0.2, 0.25) is 5.69 Å². The van der Waals surface area contributed by atoms with Gasteiger partial charge in [0, 0.05) is 20.3 Å². The van der Waals surface area contributed by atoms with Gasteiger partial charge < -0.3 is 10.1 Å². The van der Waals surface area contributed by atoms with Crippen LogP contribution in [-0.2, 0) is 11.3 Å². The highest BCUT2D eigenvalue weighted by Crippen LogP contribution is 2.09. The average molecular weight is 412 g/mol. The van der Waals surface area contributed by atoms with E-state index in [1.54, 1.807) is 30.3 Å². The molecule has 0 spiro atoms. The van der Waals surface area contributed by atoms with Crippen LogP contribution in [-0.4, -0.2) is 40.5 Å². The summed E-state index contributed by atoms with van der Waals surface area (Å²) in [7, 11) is 1.54. The number of halogens is 1. The summed E-state index contributed by atoms with van der Waals surface area (Å²) in [4.78, 5) is 38.4. The molecule has 0 fully saturated rings. The number of carbonyl (C=O) groups is 1. The number of rotatable bonds is 8. The summed E-state index contributed by atoms with van der Waals surface area (Å²) < 4.78 is 20.9. The first-order valence-electron chi connectivity index (χ1n) is 9.33. The topological polar surface area (TPSA) is 95.2 Å². The van der Waals surface area contributed by atoms with Crippen LogP contribution in [0.15, 0.2) is 64.2 Å². The van der Waals surface area contributed by atoms with Gasteiger partial charge in [-0.05, 0) is 24.1 Å². The fourth-order valence-electron chi connectivity index (χ4n) is 2.85. The molecule has 0 aliphatic carbocycles. The average Bonchev–Trinajstić information content (AvgIpc) is 2.76. The number of amides is 1. The predicted molar refractivity (Wildman–Crippen MR) is 108 cm³/mol. The van der Waals surface area contributed by atoms with Crippen LogP contribution in [0.1, 0.15) is 22.5 Å². The van der Waals surface area contributed by atoms with Crippen LogP contribution in [0.4, 0.5) is 4.39 Å². The van der Waals surface area contributed by atoms with Crippen LogP contribution in [0.25, 0.3) is 5.69 Å². The van der Waals surface area contributed by atoms with Gasteiger partial charge in [-0.3, -0.25) is 14.2 Å². The van der Waals surface area contributed by atoms with E-state index in [1.807, 2.05) is 0 Å². The zero-order valence-corrected chi connectivity index (χ0v) is 16.4. The number of para-hydroxylation sites is 1. The number of hydrogen-bond acceptors (Lipinski definition) is 5. The molecule has 1 N–H and O–H groups in total. The minimum Gasteiger partial charge on any atom is -0.385 e. The van der Waals surface area contributed by atoms with Gasteiger partial charge in [0.25, 0.3) is 11.5 Å². The molecule has 0 bridgehead atoms. The van der Waals surface area contributed by atoms with E-state index in [2.05, 4.69) is 10.4 Å². The van der Waals surface area contributed by atoms with Gasteiger partial charge in [0.15, 0.2) is 0 Å². The Morgan fingerprint density at radius 2 is 1.80 bits per heavy atom. The van der Waals surface area contributed by atoms with Gasteiger partial charge in [-0.25, -0.2) is 9.18 Å². The standard InChI is InChI=1S/C21H21FN4O4/c1-30-13-7-12-23-19(27)18-20(28)25(14-15-8-3-2-4-9-15)21(29)26(24-18)17-11-6-5-10-16(17)22/h2-6,8-11H,7,12-14H2,1H3,(H,23,27). The quantitative estimate of drug-likeness (QED) is 0.564. The highest BCUT2D eigenvalue weighted by Gasteiger charge is 2.21. The smallest absolute Gasteiger partial charge is 0.352 e. The second-order valence-corrected chi connectivity index (χ2v) is 6.47. The Morgan fingerprint density at radius 1 is 1.10 bits per heavy atom. The minimum atomic E-state index is -0.847. The zero-order chi connectivity index (χ0) is 21.5. The molecule has 0 saturated carbocycles. The van der Waals surface area contributed by atoms with Gasteiger partial charge in [-0.1, -0.05) is 42.5 Å². The summed E-state index contributed by atoms with van der Waals surface area (Å²) in [6.07, 6.45) is 0.535. The Labute approximate surface area is 171 Å². The molecule has 0 saturated heterocycles. The van der Waals surface area contributed by atoms with E-state index < -0.39 is 28.7 Å². The van der Waals surface area contributed by atoms with Crippen molar-refractivity contribution in [1.82, 2.24) is 19.7 Å². The molecule has 3 rings (SSSR count). The van der Waals surface area contributed by atoms with Crippen molar-refractivity contribution in [1.29, 1.82) is 0 Å². The van der Waals surface area contributed by atoms with Crippen molar-refractivity contribution in [2.45, 2.75) is 13.0 Å². The third kappa shape index (κ3) is 4.69. The molecule has 1 aromatic heterocycles. The lowest BCUT2D eigenvalue weighted by Gasteiger charge is -2.13. The number of benzene rings is 2. The highest BCUT2D eigenvalue weighted by atomic mass is 19.1. The minimum absolute atomic E-state index is 0.0839. The lowest BCUT2D eigenvalue weighted by Crippen LogP contribution is -2.46. The van der Waals surface area contributed by atoms with Crippen molar-refractivity contribution < 1.29 is 13.9 Å². The van der Waals surface area contributed by atoms with Crippen molar-refractivity contribution in [3.8, 4) is 5.69 Å². The number of ether oxygens (including phenoxy) is 1. The maximum atomic E-state index is 14.3. The van der Waals surface area contributed by atoms with Crippen LogP contribution >= 0.6 is 0 Å². The van der Waals surface area contributed by atoms with Gasteiger partial charge in [0.1, 0.15) is 11.5 Å². The molecule has 8 nitrogen and oxygen atoms in total. The Kier molecular flexibility index (Phi) is 6.87. The van der Waals surface area contributed by atoms with Crippen molar-refractivity contribution >= 4 is 5.91 Å². The van der Waals surface area contributed by atoms with E-state index in [0.717, 1.165) is 9.25 Å². The van der Waals surface area contributed by atoms with Crippen molar-refractivity contribution in [3.63, 3.8) is 0 Å². The molecule has 30 heavy (non-hydrogen) atoms. The molecule has 3 aromatic rings. The maximum Gasteiger partial charge on any atom is 0.352 e. The van der Waals surface area contributed by atoms with Crippen molar-refractivity contribution in [2.75, 3.05) is 20.3 Å². The number of nitrogens with one attached hydrogen (secondary N) is 1. The van der Waals surface area contributed by atoms with Gasteiger partial charge in [0.05, 0.1) is 6.54 Å². The molecule has 1 heterocycles. The van der Waals surface area contributed by atoms with E-state index in [9.17, 15) is 18.8 Å². The van der Waals surface area contributed by atoms with Gasteiger partial charge >= 0.3 is 5.69 Å². The van der Waals surface area contributed by atoms with E-state index in [-0.39, 0.29) is 18.8 Å². The highest BCUT2D eigenvalue weighted by molar-refractivity contribution is 5.91. The van der Waals surface area contributed by atoms with Crippen LogP contribution in [0, 0.1) is 5.82 Å². The Hall–Kier alpha value is -3.59. The molecular formula is C21H21FN4O4. The Bertz CT molecular complexity index is 1140. The third-order valence-corrected chi connectivity index (χ3v) is 4.35. The lowest BCUT2D eigenvalue weighted by molar-refractivity contribution is 0.0938. The molecule has 0 radical (unpaired) electrons. The molecule has 156 valence electrons. The molecule has 0 unspecified atom stereocenters. The van der Waals surface area contributed by atoms with Gasteiger partial charge in [-0.15, -0.1) is 0 Å². The SMILES string of the molecule is COCCCNC(=O)c1nn(-c2ccccc2F)c(=O)n(Cc2ccccc2)c1=O. The van der Waals surface area contributed by atoms with Crippen LogP contribution in [0.2, 0.25) is 0 Å². The summed E-state index contributed by atoms with van der Waals surface area (Å²) in [5.74, 6) is -1.45. The van der Waals surface area contributed by atoms with Crippen molar-refractivity contribution in [2.24, 2.45) is 0 Å². The van der Waals surface area contributed by atoms with E-state index in [0.29, 0.717) is 18.6 Å². The van der Waals surface area contributed by atoms with E-state index in [4.69, 9.17) is 4.74 Å². The second-order valence-electron chi connectivity index (χ2n) is 6.47. The Morgan fingerprint density at radius 3 is 2.50 bits per heavy atom. The number of nitrogens with zero attached hydrogens (tertiary/aromatic N) is 3. The third-order valence-electron chi connectivity index (χ3n) is 4.35. The largest absolute Gasteiger partial charge is 0.385 e. The molecule has 0 aliphatic rings. The number of carbonyl (C=O) groups excluding carboxylic acids is 1. The fourth-order valence-corrected chi connectivity index (χ4v) is 2.85. The molecular weight excluding hydrogens is 391 g/mol. The van der Waals surface area contributed by atoms with Gasteiger partial charge in [-0.2, -0.15) is 9.78 Å². The Balaban J connectivity index is 2.10. The predicted octanol–water partition coefficient (Wildman–Crippen LogP) is 1.35. The number of hydrogen-bond donors (Lipinski definition) is 1. The first kappa shape index (κ1) is 21.1. The van der Waals surface area contributed by atoms with E-state index >= 15 is 0 Å². The summed E-state index contributed by atoms with van der Waals surface area (Å²) in [6, 6.07) is 14.3. The first-order valence-corrected chi connectivity index (χ1v) is 9.33. The summed E-state index contributed by atoms with van der Waals surface area (Å²) in [5, 5.41) is 6.47. The zero-order valence-electron chi connectivity index (χ0n) is 16.4. The summed E-state index contributed by atoms with van der Waals surface area (Å²) in [5.41, 5.74) is -1.66. The lowest BCUT2D eigenvalue weighted by atomic mass is 10.2. The van der Waals surface area contributed by atoms with Crippen LogP contribution in [0.5, 0.6) is 0 Å². The van der Waals surface area contributed by atoms with Crippen molar-refractivity contribution in [3.05, 3.63) is 92.5 Å². The molecule has 9 heteroatoms. The second kappa shape index (κ2) is 9.75. The number of aromatic nitrogens is 3. The van der Waals surface area contributed by atoms with E-state index in [1.165, 1.54) is 31.4 Å². The monoisotopic (exact) mass is 412 g/mol. The van der Waals surface area contributed by atoms with Crippen LogP contribution < -0.4 is 16.6 Å². The molecule has 1 amide bonds. The summed E-state index contributed by atoms with van der Waals surface area (Å²) in [6.45, 7) is 0.603. The summed E-state index contributed by atoms with van der Waals surface area (Å²) >= 11 is 0. The number of methoxy groups -OCH3 is 1. The molecule has 0 atom stereocenters. The van der Waals surface area contributed by atoms with Crippen LogP contribution in [0.3, 0.4) is 0 Å². The normalized spacial score (nSPS) is 10.7. The first-order chi connectivity index (χ1) is 14.5. The fraction of sp³-hybridized carbons (Fsp3) is 0.238. The maximum absolute atomic E-state index is 14.3.